The molecule has 0 aromatic carbocycles. The van der Waals surface area contributed by atoms with E-state index in [4.69, 9.17) is 0 Å². The van der Waals surface area contributed by atoms with E-state index < -0.39 is 0 Å². The molecule has 0 rings (SSSR count). The second-order valence-corrected chi connectivity index (χ2v) is 2.51. The van der Waals surface area contributed by atoms with Gasteiger partial charge in [0.25, 0.3) is 0 Å². The molecule has 0 atom stereocenters. The molecule has 4 nitrogen and oxygen atoms in total. The van der Waals surface area contributed by atoms with Crippen molar-refractivity contribution in [1.82, 2.24) is 10.6 Å². The summed E-state index contributed by atoms with van der Waals surface area (Å²) in [6.07, 6.45) is 1.14. The summed E-state index contributed by atoms with van der Waals surface area (Å²) in [5, 5.41) is 5.17. The minimum Gasteiger partial charge on any atom is -0.338 e. The van der Waals surface area contributed by atoms with Crippen LogP contribution in [0.15, 0.2) is 0 Å². The van der Waals surface area contributed by atoms with Crippen LogP contribution in [-0.2, 0) is 4.79 Å². The maximum absolute atomic E-state index is 10.8. The standard InChI is InChI=1S/C7H14N2O2/c1-6(2)9-7(11)8-4-3-5-10/h5-6H,3-4H2,1-2H3,(H2,8,9,11). The highest BCUT2D eigenvalue weighted by molar-refractivity contribution is 5.74. The number of carbonyl (C=O) groups is 2. The largest absolute Gasteiger partial charge is 0.338 e. The van der Waals surface area contributed by atoms with Crippen molar-refractivity contribution in [3.8, 4) is 0 Å². The van der Waals surface area contributed by atoms with E-state index in [0.29, 0.717) is 13.0 Å². The van der Waals surface area contributed by atoms with E-state index in [-0.39, 0.29) is 12.1 Å². The smallest absolute Gasteiger partial charge is 0.314 e. The summed E-state index contributed by atoms with van der Waals surface area (Å²) < 4.78 is 0. The van der Waals surface area contributed by atoms with Gasteiger partial charge in [-0.05, 0) is 13.8 Å². The molecule has 0 spiro atoms. The Hall–Kier alpha value is -1.06. The van der Waals surface area contributed by atoms with E-state index in [1.54, 1.807) is 0 Å². The third-order valence-electron chi connectivity index (χ3n) is 0.968. The molecule has 0 aliphatic heterocycles. The molecule has 2 N–H and O–H groups in total. The SMILES string of the molecule is CC(C)NC(=O)NCCC=O. The summed E-state index contributed by atoms with van der Waals surface area (Å²) in [7, 11) is 0. The Bertz CT molecular complexity index is 134. The number of amides is 2. The van der Waals surface area contributed by atoms with Gasteiger partial charge in [0.1, 0.15) is 6.29 Å². The fourth-order valence-electron chi connectivity index (χ4n) is 0.558. The number of rotatable bonds is 4. The number of aldehydes is 1. The van der Waals surface area contributed by atoms with Crippen molar-refractivity contribution in [1.29, 1.82) is 0 Å². The van der Waals surface area contributed by atoms with Crippen LogP contribution in [0.5, 0.6) is 0 Å². The van der Waals surface area contributed by atoms with Crippen LogP contribution in [0.3, 0.4) is 0 Å². The lowest BCUT2D eigenvalue weighted by Crippen LogP contribution is -2.39. The van der Waals surface area contributed by atoms with Gasteiger partial charge in [-0.3, -0.25) is 0 Å². The van der Waals surface area contributed by atoms with Gasteiger partial charge in [0, 0.05) is 19.0 Å². The lowest BCUT2D eigenvalue weighted by molar-refractivity contribution is -0.107. The van der Waals surface area contributed by atoms with Gasteiger partial charge in [-0.15, -0.1) is 0 Å². The van der Waals surface area contributed by atoms with E-state index >= 15 is 0 Å². The normalized spacial score (nSPS) is 9.36. The third kappa shape index (κ3) is 6.83. The van der Waals surface area contributed by atoms with Crippen molar-refractivity contribution < 1.29 is 9.59 Å². The molecule has 0 aromatic rings. The van der Waals surface area contributed by atoms with Gasteiger partial charge in [0.2, 0.25) is 0 Å². The average molecular weight is 158 g/mol. The Morgan fingerprint density at radius 3 is 2.64 bits per heavy atom. The number of urea groups is 1. The predicted octanol–water partition coefficient (Wildman–Crippen LogP) is 0.283. The lowest BCUT2D eigenvalue weighted by atomic mass is 10.4. The topological polar surface area (TPSA) is 58.2 Å². The predicted molar refractivity (Wildman–Crippen MR) is 42.4 cm³/mol. The Labute approximate surface area is 66.4 Å². The first-order chi connectivity index (χ1) is 5.16. The van der Waals surface area contributed by atoms with Crippen LogP contribution in [0.4, 0.5) is 4.79 Å². The number of hydrogen-bond acceptors (Lipinski definition) is 2. The first kappa shape index (κ1) is 9.94. The van der Waals surface area contributed by atoms with Gasteiger partial charge >= 0.3 is 6.03 Å². The van der Waals surface area contributed by atoms with Gasteiger partial charge in [-0.2, -0.15) is 0 Å². The lowest BCUT2D eigenvalue weighted by Gasteiger charge is -2.08. The molecule has 0 unspecified atom stereocenters. The van der Waals surface area contributed by atoms with Gasteiger partial charge in [0.15, 0.2) is 0 Å². The number of carbonyl (C=O) groups excluding carboxylic acids is 2. The highest BCUT2D eigenvalue weighted by Crippen LogP contribution is 1.76. The molecule has 2 amide bonds. The van der Waals surface area contributed by atoms with Crippen molar-refractivity contribution in [2.75, 3.05) is 6.54 Å². The fourth-order valence-corrected chi connectivity index (χ4v) is 0.558. The first-order valence-electron chi connectivity index (χ1n) is 3.65. The second kappa shape index (κ2) is 5.70. The fraction of sp³-hybridized carbons (Fsp3) is 0.714. The van der Waals surface area contributed by atoms with Crippen molar-refractivity contribution in [3.05, 3.63) is 0 Å². The average Bonchev–Trinajstić information content (AvgIpc) is 1.86. The minimum absolute atomic E-state index is 0.131. The van der Waals surface area contributed by atoms with E-state index in [2.05, 4.69) is 10.6 Å². The zero-order valence-corrected chi connectivity index (χ0v) is 6.89. The highest BCUT2D eigenvalue weighted by atomic mass is 16.2. The Morgan fingerprint density at radius 1 is 1.55 bits per heavy atom. The van der Waals surface area contributed by atoms with E-state index in [1.807, 2.05) is 13.8 Å². The first-order valence-corrected chi connectivity index (χ1v) is 3.65. The Morgan fingerprint density at radius 2 is 2.18 bits per heavy atom. The molecule has 0 fully saturated rings. The Kier molecular flexibility index (Phi) is 5.15. The molecule has 0 radical (unpaired) electrons. The van der Waals surface area contributed by atoms with Crippen molar-refractivity contribution in [2.45, 2.75) is 26.3 Å². The van der Waals surface area contributed by atoms with Crippen molar-refractivity contribution in [3.63, 3.8) is 0 Å². The summed E-state index contributed by atoms with van der Waals surface area (Å²) in [6.45, 7) is 4.15. The number of nitrogens with one attached hydrogen (secondary N) is 2. The van der Waals surface area contributed by atoms with Crippen LogP contribution in [0.1, 0.15) is 20.3 Å². The monoisotopic (exact) mass is 158 g/mol. The Balaban J connectivity index is 3.30. The van der Waals surface area contributed by atoms with Crippen LogP contribution in [0.2, 0.25) is 0 Å². The minimum atomic E-state index is -0.221. The molecule has 0 heterocycles. The van der Waals surface area contributed by atoms with Gasteiger partial charge in [0.05, 0.1) is 0 Å². The number of hydrogen-bond donors (Lipinski definition) is 2. The van der Waals surface area contributed by atoms with Crippen LogP contribution in [0, 0.1) is 0 Å². The molecule has 4 heteroatoms. The summed E-state index contributed by atoms with van der Waals surface area (Å²) in [5.41, 5.74) is 0. The molecular weight excluding hydrogens is 144 g/mol. The van der Waals surface area contributed by atoms with Crippen LogP contribution in [-0.4, -0.2) is 24.9 Å². The molecule has 0 aromatic heterocycles. The molecule has 11 heavy (non-hydrogen) atoms. The van der Waals surface area contributed by atoms with Crippen LogP contribution >= 0.6 is 0 Å². The van der Waals surface area contributed by atoms with E-state index in [9.17, 15) is 9.59 Å². The molecule has 64 valence electrons. The molecule has 0 saturated heterocycles. The van der Waals surface area contributed by atoms with E-state index in [0.717, 1.165) is 6.29 Å². The van der Waals surface area contributed by atoms with Crippen molar-refractivity contribution >= 4 is 12.3 Å². The molecule has 0 saturated carbocycles. The maximum atomic E-state index is 10.8. The van der Waals surface area contributed by atoms with E-state index in [1.165, 1.54) is 0 Å². The molecule has 0 aliphatic rings. The maximum Gasteiger partial charge on any atom is 0.314 e. The summed E-state index contributed by atoms with van der Waals surface area (Å²) >= 11 is 0. The van der Waals surface area contributed by atoms with Gasteiger partial charge in [-0.1, -0.05) is 0 Å². The zero-order chi connectivity index (χ0) is 8.69. The quantitative estimate of drug-likeness (QED) is 0.456. The second-order valence-electron chi connectivity index (χ2n) is 2.51. The summed E-state index contributed by atoms with van der Waals surface area (Å²) in [5.74, 6) is 0. The van der Waals surface area contributed by atoms with Gasteiger partial charge < -0.3 is 15.4 Å². The summed E-state index contributed by atoms with van der Waals surface area (Å²) in [4.78, 5) is 20.6. The molecule has 0 bridgehead atoms. The summed E-state index contributed by atoms with van der Waals surface area (Å²) in [6, 6.07) is -0.0897. The highest BCUT2D eigenvalue weighted by Gasteiger charge is 1.99. The van der Waals surface area contributed by atoms with Crippen molar-refractivity contribution in [2.24, 2.45) is 0 Å². The van der Waals surface area contributed by atoms with Crippen LogP contribution in [0.25, 0.3) is 0 Å². The third-order valence-corrected chi connectivity index (χ3v) is 0.968. The van der Waals surface area contributed by atoms with Gasteiger partial charge in [-0.25, -0.2) is 4.79 Å². The van der Waals surface area contributed by atoms with Crippen LogP contribution < -0.4 is 10.6 Å². The molecular formula is C7H14N2O2. The zero-order valence-electron chi connectivity index (χ0n) is 6.89. The molecule has 0 aliphatic carbocycles.